The molecule has 2 aromatic carbocycles. The molecule has 0 saturated carbocycles. The number of rotatable bonds is 2. The molecule has 0 aliphatic carbocycles. The van der Waals surface area contributed by atoms with E-state index in [1.165, 1.54) is 11.1 Å². The van der Waals surface area contributed by atoms with Gasteiger partial charge in [0.15, 0.2) is 5.96 Å². The van der Waals surface area contributed by atoms with Crippen molar-refractivity contribution in [3.8, 4) is 0 Å². The highest BCUT2D eigenvalue weighted by molar-refractivity contribution is 6.30. The summed E-state index contributed by atoms with van der Waals surface area (Å²) in [5.74, 6) is 0.492. The first-order valence-electron chi connectivity index (χ1n) is 7.03. The average Bonchev–Trinajstić information content (AvgIpc) is 2.48. The number of aryl methyl sites for hydroxylation is 1. The van der Waals surface area contributed by atoms with Crippen LogP contribution >= 0.6 is 11.6 Å². The maximum atomic E-state index is 5.96. The van der Waals surface area contributed by atoms with Gasteiger partial charge < -0.3 is 11.1 Å². The molecule has 2 aromatic rings. The van der Waals surface area contributed by atoms with E-state index in [-0.39, 0.29) is 12.1 Å². The van der Waals surface area contributed by atoms with Gasteiger partial charge in [0.2, 0.25) is 0 Å². The molecular formula is C17H18ClN3. The minimum absolute atomic E-state index is 0.0646. The van der Waals surface area contributed by atoms with Crippen molar-refractivity contribution in [2.75, 3.05) is 0 Å². The van der Waals surface area contributed by atoms with E-state index < -0.39 is 0 Å². The Morgan fingerprint density at radius 3 is 2.33 bits per heavy atom. The van der Waals surface area contributed by atoms with Gasteiger partial charge in [0, 0.05) is 5.02 Å². The number of hydrogen-bond donors (Lipinski definition) is 2. The van der Waals surface area contributed by atoms with Crippen LogP contribution in [0.3, 0.4) is 0 Å². The van der Waals surface area contributed by atoms with Crippen LogP contribution in [0.25, 0.3) is 0 Å². The first kappa shape index (κ1) is 14.0. The van der Waals surface area contributed by atoms with Crippen molar-refractivity contribution in [2.45, 2.75) is 25.4 Å². The number of guanidine groups is 1. The molecule has 21 heavy (non-hydrogen) atoms. The number of aliphatic imine (C=N–C) groups is 1. The third-order valence-corrected chi connectivity index (χ3v) is 4.06. The van der Waals surface area contributed by atoms with Crippen molar-refractivity contribution >= 4 is 17.6 Å². The molecular weight excluding hydrogens is 282 g/mol. The molecule has 0 amide bonds. The molecule has 0 fully saturated rings. The average molecular weight is 300 g/mol. The maximum absolute atomic E-state index is 5.96. The lowest BCUT2D eigenvalue weighted by Crippen LogP contribution is -2.39. The Morgan fingerprint density at radius 1 is 1.05 bits per heavy atom. The maximum Gasteiger partial charge on any atom is 0.189 e. The van der Waals surface area contributed by atoms with Gasteiger partial charge in [-0.3, -0.25) is 0 Å². The molecule has 0 spiro atoms. The van der Waals surface area contributed by atoms with Crippen LogP contribution in [-0.4, -0.2) is 5.96 Å². The SMILES string of the molecule is Cc1ccc(C2CC(c3ccc(Cl)cc3)N=C(N)N2)cc1. The molecule has 3 rings (SSSR count). The van der Waals surface area contributed by atoms with Crippen LogP contribution < -0.4 is 11.1 Å². The van der Waals surface area contributed by atoms with E-state index in [2.05, 4.69) is 41.5 Å². The van der Waals surface area contributed by atoms with Crippen LogP contribution in [0, 0.1) is 6.92 Å². The fraction of sp³-hybridized carbons (Fsp3) is 0.235. The molecule has 2 atom stereocenters. The summed E-state index contributed by atoms with van der Waals surface area (Å²) in [7, 11) is 0. The Labute approximate surface area is 129 Å². The Kier molecular flexibility index (Phi) is 3.84. The molecule has 2 unspecified atom stereocenters. The van der Waals surface area contributed by atoms with Crippen molar-refractivity contribution in [3.05, 3.63) is 70.2 Å². The van der Waals surface area contributed by atoms with Crippen molar-refractivity contribution in [2.24, 2.45) is 10.7 Å². The summed E-state index contributed by atoms with van der Waals surface area (Å²) in [6.45, 7) is 2.09. The third-order valence-electron chi connectivity index (χ3n) is 3.81. The van der Waals surface area contributed by atoms with Gasteiger partial charge in [0.25, 0.3) is 0 Å². The first-order valence-corrected chi connectivity index (χ1v) is 7.41. The number of benzene rings is 2. The van der Waals surface area contributed by atoms with Gasteiger partial charge in [-0.2, -0.15) is 0 Å². The van der Waals surface area contributed by atoms with E-state index in [4.69, 9.17) is 17.3 Å². The molecule has 4 heteroatoms. The van der Waals surface area contributed by atoms with Crippen molar-refractivity contribution in [1.29, 1.82) is 0 Å². The molecule has 1 heterocycles. The topological polar surface area (TPSA) is 50.4 Å². The van der Waals surface area contributed by atoms with Gasteiger partial charge in [-0.15, -0.1) is 0 Å². The van der Waals surface area contributed by atoms with E-state index in [1.807, 2.05) is 24.3 Å². The number of nitrogens with one attached hydrogen (secondary N) is 1. The van der Waals surface area contributed by atoms with Gasteiger partial charge in [0.05, 0.1) is 12.1 Å². The smallest absolute Gasteiger partial charge is 0.189 e. The van der Waals surface area contributed by atoms with Crippen LogP contribution in [0.2, 0.25) is 5.02 Å². The van der Waals surface area contributed by atoms with Gasteiger partial charge in [-0.05, 0) is 36.6 Å². The lowest BCUT2D eigenvalue weighted by molar-refractivity contribution is 0.487. The lowest BCUT2D eigenvalue weighted by Gasteiger charge is -2.29. The summed E-state index contributed by atoms with van der Waals surface area (Å²) < 4.78 is 0. The zero-order chi connectivity index (χ0) is 14.8. The van der Waals surface area contributed by atoms with Gasteiger partial charge in [-0.1, -0.05) is 53.6 Å². The molecule has 108 valence electrons. The van der Waals surface area contributed by atoms with E-state index in [1.54, 1.807) is 0 Å². The minimum Gasteiger partial charge on any atom is -0.370 e. The van der Waals surface area contributed by atoms with E-state index in [0.29, 0.717) is 5.96 Å². The van der Waals surface area contributed by atoms with Crippen LogP contribution in [0.4, 0.5) is 0 Å². The fourth-order valence-corrected chi connectivity index (χ4v) is 2.76. The number of halogens is 1. The number of nitrogens with zero attached hydrogens (tertiary/aromatic N) is 1. The summed E-state index contributed by atoms with van der Waals surface area (Å²) in [6.07, 6.45) is 0.880. The molecule has 0 saturated heterocycles. The number of nitrogens with two attached hydrogens (primary N) is 1. The quantitative estimate of drug-likeness (QED) is 0.887. The highest BCUT2D eigenvalue weighted by Gasteiger charge is 2.24. The second kappa shape index (κ2) is 5.78. The van der Waals surface area contributed by atoms with Crippen molar-refractivity contribution in [3.63, 3.8) is 0 Å². The fourth-order valence-electron chi connectivity index (χ4n) is 2.63. The van der Waals surface area contributed by atoms with E-state index >= 15 is 0 Å². The van der Waals surface area contributed by atoms with Crippen LogP contribution in [-0.2, 0) is 0 Å². The molecule has 0 radical (unpaired) electrons. The molecule has 0 bridgehead atoms. The van der Waals surface area contributed by atoms with Crippen LogP contribution in [0.15, 0.2) is 53.5 Å². The number of hydrogen-bond acceptors (Lipinski definition) is 3. The lowest BCUT2D eigenvalue weighted by atomic mass is 9.93. The first-order chi connectivity index (χ1) is 10.1. The monoisotopic (exact) mass is 299 g/mol. The Bertz CT molecular complexity index is 647. The molecule has 3 nitrogen and oxygen atoms in total. The predicted octanol–water partition coefficient (Wildman–Crippen LogP) is 3.74. The Hall–Kier alpha value is -2.00. The standard InChI is InChI=1S/C17H18ClN3/c1-11-2-4-12(5-3-11)15-10-16(21-17(19)20-15)13-6-8-14(18)9-7-13/h2-9,15-16H,10H2,1H3,(H3,19,20,21). The Balaban J connectivity index is 1.85. The third kappa shape index (κ3) is 3.19. The van der Waals surface area contributed by atoms with Gasteiger partial charge >= 0.3 is 0 Å². The highest BCUT2D eigenvalue weighted by Crippen LogP contribution is 2.32. The highest BCUT2D eigenvalue weighted by atomic mass is 35.5. The summed E-state index contributed by atoms with van der Waals surface area (Å²) in [6, 6.07) is 16.6. The summed E-state index contributed by atoms with van der Waals surface area (Å²) in [4.78, 5) is 4.52. The van der Waals surface area contributed by atoms with Crippen molar-refractivity contribution in [1.82, 2.24) is 5.32 Å². The molecule has 0 aromatic heterocycles. The Morgan fingerprint density at radius 2 is 1.67 bits per heavy atom. The zero-order valence-corrected chi connectivity index (χ0v) is 12.6. The summed E-state index contributed by atoms with van der Waals surface area (Å²) in [5.41, 5.74) is 9.59. The zero-order valence-electron chi connectivity index (χ0n) is 11.9. The van der Waals surface area contributed by atoms with Gasteiger partial charge in [-0.25, -0.2) is 4.99 Å². The predicted molar refractivity (Wildman–Crippen MR) is 87.5 cm³/mol. The molecule has 1 aliphatic rings. The normalized spacial score (nSPS) is 21.5. The summed E-state index contributed by atoms with van der Waals surface area (Å²) in [5, 5.41) is 4.00. The van der Waals surface area contributed by atoms with Crippen LogP contribution in [0.1, 0.15) is 35.2 Å². The second-order valence-electron chi connectivity index (χ2n) is 5.42. The van der Waals surface area contributed by atoms with Crippen LogP contribution in [0.5, 0.6) is 0 Å². The van der Waals surface area contributed by atoms with E-state index in [9.17, 15) is 0 Å². The molecule has 1 aliphatic heterocycles. The summed E-state index contributed by atoms with van der Waals surface area (Å²) >= 11 is 5.95. The largest absolute Gasteiger partial charge is 0.370 e. The molecule has 3 N–H and O–H groups in total. The second-order valence-corrected chi connectivity index (χ2v) is 5.86. The van der Waals surface area contributed by atoms with Crippen molar-refractivity contribution < 1.29 is 0 Å². The minimum atomic E-state index is 0.0646. The van der Waals surface area contributed by atoms with Gasteiger partial charge in [0.1, 0.15) is 0 Å². The van der Waals surface area contributed by atoms with E-state index in [0.717, 1.165) is 17.0 Å².